The summed E-state index contributed by atoms with van der Waals surface area (Å²) in [5.74, 6) is 1.02. The van der Waals surface area contributed by atoms with Crippen molar-refractivity contribution in [1.29, 1.82) is 0 Å². The average Bonchev–Trinajstić information content (AvgIpc) is 3.15. The molecule has 0 spiro atoms. The minimum absolute atomic E-state index is 0.0149. The molecule has 3 heterocycles. The van der Waals surface area contributed by atoms with Gasteiger partial charge < -0.3 is 14.7 Å². The lowest BCUT2D eigenvalue weighted by Crippen LogP contribution is -2.41. The van der Waals surface area contributed by atoms with Gasteiger partial charge in [0.1, 0.15) is 12.1 Å². The molecule has 0 aromatic carbocycles. The van der Waals surface area contributed by atoms with E-state index in [0.717, 1.165) is 31.7 Å². The second-order valence-corrected chi connectivity index (χ2v) is 6.01. The quantitative estimate of drug-likeness (QED) is 0.844. The normalized spacial score (nSPS) is 17.5. The van der Waals surface area contributed by atoms with Crippen LogP contribution in [0.4, 0.5) is 5.82 Å². The Morgan fingerprint density at radius 1 is 1.38 bits per heavy atom. The van der Waals surface area contributed by atoms with Crippen LogP contribution in [0.2, 0.25) is 0 Å². The smallest absolute Gasteiger partial charge is 0.273 e. The number of nitrogens with one attached hydrogen (secondary N) is 1. The lowest BCUT2D eigenvalue weighted by molar-refractivity contribution is 0.0935. The summed E-state index contributed by atoms with van der Waals surface area (Å²) in [6.07, 6.45) is 5.10. The molecule has 1 atom stereocenters. The maximum absolute atomic E-state index is 11.9. The number of ketones is 1. The molecule has 1 amide bonds. The number of rotatable bonds is 5. The van der Waals surface area contributed by atoms with E-state index in [1.807, 2.05) is 6.07 Å². The Kier molecular flexibility index (Phi) is 4.88. The van der Waals surface area contributed by atoms with Gasteiger partial charge in [0.2, 0.25) is 0 Å². The van der Waals surface area contributed by atoms with Crippen LogP contribution in [0.1, 0.15) is 40.6 Å². The minimum atomic E-state index is -0.218. The van der Waals surface area contributed by atoms with Crippen LogP contribution >= 0.6 is 0 Å². The molecule has 24 heavy (non-hydrogen) atoms. The van der Waals surface area contributed by atoms with Crippen molar-refractivity contribution < 1.29 is 14.1 Å². The van der Waals surface area contributed by atoms with Crippen LogP contribution in [0, 0.1) is 5.92 Å². The topological polar surface area (TPSA) is 88.3 Å². The number of anilines is 1. The standard InChI is InChI=1S/C17H20N4O3/c1-12(22)14-4-5-16(18-10-14)21-7-2-3-13(11-21)9-19-17(23)15-6-8-24-20-15/h4-6,8,10,13H,2-3,7,9,11H2,1H3,(H,19,23). The Morgan fingerprint density at radius 3 is 2.92 bits per heavy atom. The fourth-order valence-electron chi connectivity index (χ4n) is 2.88. The first kappa shape index (κ1) is 16.2. The SMILES string of the molecule is CC(=O)c1ccc(N2CCCC(CNC(=O)c3ccon3)C2)nc1. The number of aromatic nitrogens is 2. The van der Waals surface area contributed by atoms with Crippen LogP contribution in [0.3, 0.4) is 0 Å². The maximum atomic E-state index is 11.9. The van der Waals surface area contributed by atoms with Crippen LogP contribution in [0.5, 0.6) is 0 Å². The van der Waals surface area contributed by atoms with Crippen molar-refractivity contribution in [3.63, 3.8) is 0 Å². The summed E-state index contributed by atoms with van der Waals surface area (Å²) >= 11 is 0. The fraction of sp³-hybridized carbons (Fsp3) is 0.412. The summed E-state index contributed by atoms with van der Waals surface area (Å²) in [5, 5.41) is 6.53. The number of carbonyl (C=O) groups excluding carboxylic acids is 2. The van der Waals surface area contributed by atoms with Gasteiger partial charge in [-0.3, -0.25) is 9.59 Å². The lowest BCUT2D eigenvalue weighted by Gasteiger charge is -2.33. The van der Waals surface area contributed by atoms with E-state index in [1.165, 1.54) is 13.2 Å². The molecule has 0 saturated carbocycles. The zero-order chi connectivity index (χ0) is 16.9. The Balaban J connectivity index is 1.56. The van der Waals surface area contributed by atoms with Crippen LogP contribution in [-0.2, 0) is 0 Å². The van der Waals surface area contributed by atoms with Crippen molar-refractivity contribution in [3.8, 4) is 0 Å². The third-order valence-electron chi connectivity index (χ3n) is 4.22. The van der Waals surface area contributed by atoms with Gasteiger partial charge in [-0.15, -0.1) is 0 Å². The lowest BCUT2D eigenvalue weighted by atomic mass is 9.98. The van der Waals surface area contributed by atoms with Gasteiger partial charge in [-0.05, 0) is 37.8 Å². The average molecular weight is 328 g/mol. The molecule has 126 valence electrons. The van der Waals surface area contributed by atoms with Crippen molar-refractivity contribution in [2.45, 2.75) is 19.8 Å². The molecule has 1 aliphatic heterocycles. The molecule has 3 rings (SSSR count). The van der Waals surface area contributed by atoms with Crippen molar-refractivity contribution >= 4 is 17.5 Å². The predicted octanol–water partition coefficient (Wildman–Crippen LogP) is 1.92. The van der Waals surface area contributed by atoms with Crippen molar-refractivity contribution in [2.24, 2.45) is 5.92 Å². The highest BCUT2D eigenvalue weighted by Crippen LogP contribution is 2.21. The van der Waals surface area contributed by atoms with Gasteiger partial charge in [0, 0.05) is 37.5 Å². The summed E-state index contributed by atoms with van der Waals surface area (Å²) in [4.78, 5) is 29.8. The Hall–Kier alpha value is -2.70. The monoisotopic (exact) mass is 328 g/mol. The molecule has 2 aromatic rings. The summed E-state index contributed by atoms with van der Waals surface area (Å²) in [7, 11) is 0. The molecule has 7 nitrogen and oxygen atoms in total. The fourth-order valence-corrected chi connectivity index (χ4v) is 2.88. The molecule has 1 fully saturated rings. The molecule has 0 bridgehead atoms. The van der Waals surface area contributed by atoms with E-state index >= 15 is 0 Å². The highest BCUT2D eigenvalue weighted by Gasteiger charge is 2.22. The number of Topliss-reactive ketones (excluding diaryl/α,β-unsaturated/α-hetero) is 1. The number of hydrogen-bond donors (Lipinski definition) is 1. The van der Waals surface area contributed by atoms with Gasteiger partial charge in [0.15, 0.2) is 11.5 Å². The van der Waals surface area contributed by atoms with E-state index in [2.05, 4.69) is 24.9 Å². The number of piperidine rings is 1. The highest BCUT2D eigenvalue weighted by atomic mass is 16.5. The van der Waals surface area contributed by atoms with Gasteiger partial charge in [-0.25, -0.2) is 4.98 Å². The second kappa shape index (κ2) is 7.25. The molecule has 0 radical (unpaired) electrons. The Labute approximate surface area is 140 Å². The van der Waals surface area contributed by atoms with Crippen LogP contribution in [-0.4, -0.2) is 41.5 Å². The number of hydrogen-bond acceptors (Lipinski definition) is 6. The molecule has 1 N–H and O–H groups in total. The summed E-state index contributed by atoms with van der Waals surface area (Å²) < 4.78 is 4.68. The maximum Gasteiger partial charge on any atom is 0.273 e. The summed E-state index contributed by atoms with van der Waals surface area (Å²) in [5.41, 5.74) is 0.913. The largest absolute Gasteiger partial charge is 0.364 e. The van der Waals surface area contributed by atoms with Gasteiger partial charge >= 0.3 is 0 Å². The van der Waals surface area contributed by atoms with Gasteiger partial charge in [0.05, 0.1) is 0 Å². The second-order valence-electron chi connectivity index (χ2n) is 6.01. The molecular weight excluding hydrogens is 308 g/mol. The molecule has 0 aliphatic carbocycles. The van der Waals surface area contributed by atoms with Crippen molar-refractivity contribution in [2.75, 3.05) is 24.5 Å². The molecule has 1 unspecified atom stereocenters. The summed E-state index contributed by atoms with van der Waals surface area (Å²) in [6, 6.07) is 5.23. The summed E-state index contributed by atoms with van der Waals surface area (Å²) in [6.45, 7) is 3.88. The van der Waals surface area contributed by atoms with Crippen LogP contribution in [0.25, 0.3) is 0 Å². The number of amides is 1. The predicted molar refractivity (Wildman–Crippen MR) is 88.0 cm³/mol. The van der Waals surface area contributed by atoms with Crippen molar-refractivity contribution in [3.05, 3.63) is 41.9 Å². The Bertz CT molecular complexity index is 697. The van der Waals surface area contributed by atoms with E-state index in [4.69, 9.17) is 0 Å². The van der Waals surface area contributed by atoms with E-state index in [-0.39, 0.29) is 11.7 Å². The zero-order valence-corrected chi connectivity index (χ0v) is 13.6. The highest BCUT2D eigenvalue weighted by molar-refractivity contribution is 5.93. The van der Waals surface area contributed by atoms with Crippen molar-refractivity contribution in [1.82, 2.24) is 15.5 Å². The first-order valence-electron chi connectivity index (χ1n) is 8.04. The zero-order valence-electron chi connectivity index (χ0n) is 13.6. The molecule has 1 aliphatic rings. The van der Waals surface area contributed by atoms with E-state index in [1.54, 1.807) is 18.3 Å². The molecule has 2 aromatic heterocycles. The van der Waals surface area contributed by atoms with E-state index < -0.39 is 0 Å². The minimum Gasteiger partial charge on any atom is -0.364 e. The number of pyridine rings is 1. The molecule has 7 heteroatoms. The molecule has 1 saturated heterocycles. The van der Waals surface area contributed by atoms with Gasteiger partial charge in [-0.2, -0.15) is 0 Å². The first-order chi connectivity index (χ1) is 11.6. The first-order valence-corrected chi connectivity index (χ1v) is 8.04. The number of carbonyl (C=O) groups is 2. The molecular formula is C17H20N4O3. The van der Waals surface area contributed by atoms with E-state index in [0.29, 0.717) is 23.7 Å². The number of nitrogens with zero attached hydrogens (tertiary/aromatic N) is 3. The third-order valence-corrected chi connectivity index (χ3v) is 4.22. The van der Waals surface area contributed by atoms with Crippen LogP contribution < -0.4 is 10.2 Å². The third kappa shape index (κ3) is 3.79. The van der Waals surface area contributed by atoms with Crippen LogP contribution in [0.15, 0.2) is 35.2 Å². The van der Waals surface area contributed by atoms with Gasteiger partial charge in [0.25, 0.3) is 5.91 Å². The van der Waals surface area contributed by atoms with Gasteiger partial charge in [-0.1, -0.05) is 5.16 Å². The Morgan fingerprint density at radius 2 is 2.25 bits per heavy atom. The van der Waals surface area contributed by atoms with E-state index in [9.17, 15) is 9.59 Å².